The number of thioether (sulfide) groups is 1. The van der Waals surface area contributed by atoms with E-state index >= 15 is 0 Å². The number of likely N-dealkylation sites (tertiary alicyclic amines) is 1. The van der Waals surface area contributed by atoms with E-state index in [9.17, 15) is 0 Å². The number of rotatable bonds is 5. The molecule has 3 atom stereocenters. The standard InChI is InChI=1S/C12H27N3S/c1-10-6-12(8-13,9-14(10)3)15(4)11(2)7-16-5/h10-11H,6-9,13H2,1-5H3. The van der Waals surface area contributed by atoms with Gasteiger partial charge in [-0.05, 0) is 40.6 Å². The van der Waals surface area contributed by atoms with Gasteiger partial charge >= 0.3 is 0 Å². The maximum Gasteiger partial charge on any atom is 0.0473 e. The van der Waals surface area contributed by atoms with Crippen LogP contribution < -0.4 is 5.73 Å². The summed E-state index contributed by atoms with van der Waals surface area (Å²) in [6.45, 7) is 6.46. The van der Waals surface area contributed by atoms with Crippen molar-refractivity contribution in [3.63, 3.8) is 0 Å². The van der Waals surface area contributed by atoms with Gasteiger partial charge in [0.2, 0.25) is 0 Å². The lowest BCUT2D eigenvalue weighted by Crippen LogP contribution is -2.57. The highest BCUT2D eigenvalue weighted by atomic mass is 32.2. The molecule has 4 heteroatoms. The van der Waals surface area contributed by atoms with Crippen LogP contribution in [-0.2, 0) is 0 Å². The molecule has 1 fully saturated rings. The zero-order valence-electron chi connectivity index (χ0n) is 11.4. The van der Waals surface area contributed by atoms with Crippen LogP contribution in [0.15, 0.2) is 0 Å². The smallest absolute Gasteiger partial charge is 0.0473 e. The number of nitrogens with zero attached hydrogens (tertiary/aromatic N) is 2. The summed E-state index contributed by atoms with van der Waals surface area (Å²) >= 11 is 1.91. The molecule has 0 aromatic heterocycles. The second-order valence-corrected chi connectivity index (χ2v) is 6.22. The fraction of sp³-hybridized carbons (Fsp3) is 1.00. The lowest BCUT2D eigenvalue weighted by atomic mass is 9.93. The Morgan fingerprint density at radius 3 is 2.62 bits per heavy atom. The van der Waals surface area contributed by atoms with Crippen molar-refractivity contribution in [1.29, 1.82) is 0 Å². The van der Waals surface area contributed by atoms with E-state index in [1.54, 1.807) is 0 Å². The van der Waals surface area contributed by atoms with E-state index in [0.29, 0.717) is 12.1 Å². The van der Waals surface area contributed by atoms with Gasteiger partial charge in [0.05, 0.1) is 0 Å². The van der Waals surface area contributed by atoms with Crippen molar-refractivity contribution in [2.24, 2.45) is 5.73 Å². The summed E-state index contributed by atoms with van der Waals surface area (Å²) in [5.74, 6) is 1.18. The van der Waals surface area contributed by atoms with Crippen LogP contribution in [0.4, 0.5) is 0 Å². The van der Waals surface area contributed by atoms with E-state index in [4.69, 9.17) is 5.73 Å². The van der Waals surface area contributed by atoms with E-state index in [2.05, 4.69) is 44.0 Å². The van der Waals surface area contributed by atoms with Crippen molar-refractivity contribution in [2.45, 2.75) is 37.9 Å². The average Bonchev–Trinajstić information content (AvgIpc) is 2.55. The Morgan fingerprint density at radius 1 is 1.62 bits per heavy atom. The Hall–Kier alpha value is 0.230. The molecule has 0 aliphatic carbocycles. The summed E-state index contributed by atoms with van der Waals surface area (Å²) in [6, 6.07) is 1.24. The van der Waals surface area contributed by atoms with Gasteiger partial charge in [0.15, 0.2) is 0 Å². The minimum atomic E-state index is 0.184. The van der Waals surface area contributed by atoms with E-state index in [0.717, 1.165) is 13.1 Å². The number of hydrogen-bond acceptors (Lipinski definition) is 4. The molecule has 2 N–H and O–H groups in total. The molecular weight excluding hydrogens is 218 g/mol. The van der Waals surface area contributed by atoms with Crippen LogP contribution in [0.1, 0.15) is 20.3 Å². The van der Waals surface area contributed by atoms with Gasteiger partial charge in [-0.1, -0.05) is 0 Å². The Morgan fingerprint density at radius 2 is 2.25 bits per heavy atom. The predicted octanol–water partition coefficient (Wildman–Crippen LogP) is 1.09. The summed E-state index contributed by atoms with van der Waals surface area (Å²) in [5.41, 5.74) is 6.24. The van der Waals surface area contributed by atoms with Crippen LogP contribution in [0.3, 0.4) is 0 Å². The maximum atomic E-state index is 6.05. The highest BCUT2D eigenvalue weighted by molar-refractivity contribution is 7.98. The lowest BCUT2D eigenvalue weighted by molar-refractivity contribution is 0.102. The monoisotopic (exact) mass is 245 g/mol. The van der Waals surface area contributed by atoms with E-state index < -0.39 is 0 Å². The third kappa shape index (κ3) is 2.73. The first-order valence-electron chi connectivity index (χ1n) is 6.09. The fourth-order valence-corrected chi connectivity index (χ4v) is 3.46. The van der Waals surface area contributed by atoms with Gasteiger partial charge in [0.1, 0.15) is 0 Å². The summed E-state index contributed by atoms with van der Waals surface area (Å²) < 4.78 is 0. The highest BCUT2D eigenvalue weighted by Crippen LogP contribution is 2.31. The molecule has 1 aliphatic rings. The van der Waals surface area contributed by atoms with Gasteiger partial charge in [0.25, 0.3) is 0 Å². The highest BCUT2D eigenvalue weighted by Gasteiger charge is 2.43. The molecule has 1 heterocycles. The molecule has 0 amide bonds. The Balaban J connectivity index is 2.73. The first kappa shape index (κ1) is 14.3. The second kappa shape index (κ2) is 5.71. The van der Waals surface area contributed by atoms with E-state index in [1.165, 1.54) is 12.2 Å². The minimum Gasteiger partial charge on any atom is -0.329 e. The summed E-state index contributed by atoms with van der Waals surface area (Å²) in [4.78, 5) is 4.93. The van der Waals surface area contributed by atoms with Gasteiger partial charge in [0, 0.05) is 36.5 Å². The van der Waals surface area contributed by atoms with E-state index in [-0.39, 0.29) is 5.54 Å². The lowest BCUT2D eigenvalue weighted by Gasteiger charge is -2.41. The number of nitrogens with two attached hydrogens (primary N) is 1. The predicted molar refractivity (Wildman–Crippen MR) is 74.1 cm³/mol. The van der Waals surface area contributed by atoms with Crippen molar-refractivity contribution in [2.75, 3.05) is 39.2 Å². The van der Waals surface area contributed by atoms with Crippen LogP contribution in [-0.4, -0.2) is 66.6 Å². The van der Waals surface area contributed by atoms with Gasteiger partial charge in [-0.15, -0.1) is 0 Å². The quantitative estimate of drug-likeness (QED) is 0.786. The molecule has 3 unspecified atom stereocenters. The summed E-state index contributed by atoms with van der Waals surface area (Å²) in [7, 11) is 4.44. The van der Waals surface area contributed by atoms with Crippen LogP contribution in [0, 0.1) is 0 Å². The van der Waals surface area contributed by atoms with Gasteiger partial charge in [-0.25, -0.2) is 0 Å². The van der Waals surface area contributed by atoms with Crippen molar-refractivity contribution >= 4 is 11.8 Å². The molecule has 0 aromatic carbocycles. The summed E-state index contributed by atoms with van der Waals surface area (Å²) in [5, 5.41) is 0. The Bertz CT molecular complexity index is 212. The topological polar surface area (TPSA) is 32.5 Å². The first-order valence-corrected chi connectivity index (χ1v) is 7.48. The van der Waals surface area contributed by atoms with Crippen LogP contribution in [0.25, 0.3) is 0 Å². The molecular formula is C12H27N3S. The molecule has 16 heavy (non-hydrogen) atoms. The van der Waals surface area contributed by atoms with Crippen molar-refractivity contribution < 1.29 is 0 Å². The Labute approximate surface area is 105 Å². The number of hydrogen-bond donors (Lipinski definition) is 1. The first-order chi connectivity index (χ1) is 7.46. The molecule has 0 radical (unpaired) electrons. The number of likely N-dealkylation sites (N-methyl/N-ethyl adjacent to an activating group) is 2. The molecule has 0 bridgehead atoms. The van der Waals surface area contributed by atoms with Crippen LogP contribution >= 0.6 is 11.8 Å². The molecule has 1 aliphatic heterocycles. The Kier molecular flexibility index (Phi) is 5.10. The fourth-order valence-electron chi connectivity index (χ4n) is 2.76. The molecule has 0 spiro atoms. The minimum absolute atomic E-state index is 0.184. The molecule has 96 valence electrons. The molecule has 1 saturated heterocycles. The molecule has 1 rings (SSSR count). The van der Waals surface area contributed by atoms with Crippen molar-refractivity contribution in [3.8, 4) is 0 Å². The van der Waals surface area contributed by atoms with E-state index in [1.807, 2.05) is 11.8 Å². The average molecular weight is 245 g/mol. The van der Waals surface area contributed by atoms with Gasteiger partial charge in [-0.2, -0.15) is 11.8 Å². The van der Waals surface area contributed by atoms with Crippen LogP contribution in [0.2, 0.25) is 0 Å². The maximum absolute atomic E-state index is 6.05. The van der Waals surface area contributed by atoms with Gasteiger partial charge in [-0.3, -0.25) is 4.90 Å². The third-order valence-electron chi connectivity index (χ3n) is 4.17. The largest absolute Gasteiger partial charge is 0.329 e. The van der Waals surface area contributed by atoms with Crippen molar-refractivity contribution in [1.82, 2.24) is 9.80 Å². The van der Waals surface area contributed by atoms with Gasteiger partial charge < -0.3 is 10.6 Å². The zero-order valence-corrected chi connectivity index (χ0v) is 12.2. The third-order valence-corrected chi connectivity index (χ3v) is 4.98. The van der Waals surface area contributed by atoms with Crippen LogP contribution in [0.5, 0.6) is 0 Å². The molecule has 0 saturated carbocycles. The SMILES string of the molecule is CSCC(C)N(C)C1(CN)CC(C)N(C)C1. The normalized spacial score (nSPS) is 33.6. The summed E-state index contributed by atoms with van der Waals surface area (Å²) in [6.07, 6.45) is 3.36. The molecule has 0 aromatic rings. The second-order valence-electron chi connectivity index (χ2n) is 5.31. The molecule has 3 nitrogen and oxygen atoms in total. The zero-order chi connectivity index (χ0) is 12.3. The van der Waals surface area contributed by atoms with Crippen molar-refractivity contribution in [3.05, 3.63) is 0 Å².